The average Bonchev–Trinajstić information content (AvgIpc) is 3.08. The summed E-state index contributed by atoms with van der Waals surface area (Å²) in [6, 6.07) is 5.70. The number of hydrogen-bond acceptors (Lipinski definition) is 2. The lowest BCUT2D eigenvalue weighted by Gasteiger charge is -2.32. The van der Waals surface area contributed by atoms with E-state index < -0.39 is 0 Å². The maximum absolute atomic E-state index is 14.1. The summed E-state index contributed by atoms with van der Waals surface area (Å²) in [7, 11) is 0. The van der Waals surface area contributed by atoms with E-state index in [1.165, 1.54) is 44.6 Å². The van der Waals surface area contributed by atoms with Crippen molar-refractivity contribution < 1.29 is 4.39 Å². The first-order valence-electron chi connectivity index (χ1n) is 7.53. The third kappa shape index (κ3) is 2.41. The van der Waals surface area contributed by atoms with Crippen LogP contribution in [0.4, 0.5) is 10.1 Å². The van der Waals surface area contributed by atoms with E-state index in [9.17, 15) is 4.39 Å². The number of hydrogen-bond donors (Lipinski definition) is 1. The predicted molar refractivity (Wildman–Crippen MR) is 84.6 cm³/mol. The Kier molecular flexibility index (Phi) is 3.92. The van der Waals surface area contributed by atoms with Gasteiger partial charge in [0.1, 0.15) is 10.8 Å². The normalized spacial score (nSPS) is 23.4. The Hall–Kier alpha value is -1.16. The van der Waals surface area contributed by atoms with Gasteiger partial charge in [-0.15, -0.1) is 0 Å². The van der Waals surface area contributed by atoms with Gasteiger partial charge in [-0.3, -0.25) is 0 Å². The molecule has 0 bridgehead atoms. The first kappa shape index (κ1) is 13.8. The van der Waals surface area contributed by atoms with E-state index >= 15 is 0 Å². The van der Waals surface area contributed by atoms with E-state index in [-0.39, 0.29) is 10.8 Å². The van der Waals surface area contributed by atoms with Crippen LogP contribution in [0.5, 0.6) is 0 Å². The molecule has 0 spiro atoms. The molecule has 0 radical (unpaired) electrons. The fourth-order valence-electron chi connectivity index (χ4n) is 3.92. The summed E-state index contributed by atoms with van der Waals surface area (Å²) >= 11 is 5.06. The molecule has 1 heterocycles. The van der Waals surface area contributed by atoms with Gasteiger partial charge in [-0.2, -0.15) is 0 Å². The van der Waals surface area contributed by atoms with Gasteiger partial charge >= 0.3 is 0 Å². The second-order valence-electron chi connectivity index (χ2n) is 5.95. The molecular formula is C16H21FN2S. The predicted octanol–water partition coefficient (Wildman–Crippen LogP) is 3.62. The number of benzene rings is 1. The summed E-state index contributed by atoms with van der Waals surface area (Å²) in [6.45, 7) is 0.986. The van der Waals surface area contributed by atoms with Crippen molar-refractivity contribution in [2.75, 3.05) is 11.4 Å². The summed E-state index contributed by atoms with van der Waals surface area (Å²) in [5.74, 6) is 0.451. The summed E-state index contributed by atoms with van der Waals surface area (Å²) in [5, 5.41) is 0. The second kappa shape index (κ2) is 5.68. The monoisotopic (exact) mass is 292 g/mol. The minimum absolute atomic E-state index is 0.162. The van der Waals surface area contributed by atoms with Crippen molar-refractivity contribution >= 4 is 22.9 Å². The topological polar surface area (TPSA) is 29.3 Å². The minimum Gasteiger partial charge on any atom is -0.389 e. The highest BCUT2D eigenvalue weighted by molar-refractivity contribution is 7.80. The van der Waals surface area contributed by atoms with Gasteiger partial charge < -0.3 is 10.6 Å². The number of halogens is 1. The van der Waals surface area contributed by atoms with E-state index in [1.54, 1.807) is 6.07 Å². The third-order valence-electron chi connectivity index (χ3n) is 4.79. The fourth-order valence-corrected chi connectivity index (χ4v) is 4.12. The van der Waals surface area contributed by atoms with Gasteiger partial charge in [0.25, 0.3) is 0 Å². The molecule has 1 aliphatic heterocycles. The molecule has 1 aromatic rings. The lowest BCUT2D eigenvalue weighted by molar-refractivity contribution is 0.430. The molecule has 2 fully saturated rings. The summed E-state index contributed by atoms with van der Waals surface area (Å²) in [6.07, 6.45) is 7.66. The van der Waals surface area contributed by atoms with Crippen LogP contribution in [-0.2, 0) is 0 Å². The Balaban J connectivity index is 1.95. The van der Waals surface area contributed by atoms with Gasteiger partial charge in [0.15, 0.2) is 0 Å². The molecule has 20 heavy (non-hydrogen) atoms. The van der Waals surface area contributed by atoms with Gasteiger partial charge in [0.2, 0.25) is 0 Å². The number of thiocarbonyl (C=S) groups is 1. The quantitative estimate of drug-likeness (QED) is 0.863. The molecule has 3 rings (SSSR count). The third-order valence-corrected chi connectivity index (χ3v) is 4.99. The molecule has 4 heteroatoms. The van der Waals surface area contributed by atoms with Crippen molar-refractivity contribution in [2.45, 2.75) is 44.6 Å². The molecule has 108 valence electrons. The standard InChI is InChI=1S/C16H21FN2S/c17-12-7-3-8-14(15(12)16(18)20)19-10-4-9-13(19)11-5-1-2-6-11/h3,7-8,11,13H,1-2,4-6,9-10H2,(H2,18,20). The number of nitrogens with two attached hydrogens (primary N) is 1. The van der Waals surface area contributed by atoms with Crippen LogP contribution in [0, 0.1) is 11.7 Å². The first-order valence-corrected chi connectivity index (χ1v) is 7.94. The van der Waals surface area contributed by atoms with Gasteiger partial charge in [-0.05, 0) is 43.7 Å². The summed E-state index contributed by atoms with van der Waals surface area (Å²) < 4.78 is 14.1. The second-order valence-corrected chi connectivity index (χ2v) is 6.39. The summed E-state index contributed by atoms with van der Waals surface area (Å²) in [5.41, 5.74) is 7.07. The van der Waals surface area contributed by atoms with Crippen LogP contribution in [0.25, 0.3) is 0 Å². The van der Waals surface area contributed by atoms with Crippen molar-refractivity contribution in [1.29, 1.82) is 0 Å². The van der Waals surface area contributed by atoms with E-state index in [2.05, 4.69) is 4.90 Å². The van der Waals surface area contributed by atoms with Crippen molar-refractivity contribution in [1.82, 2.24) is 0 Å². The minimum atomic E-state index is -0.299. The van der Waals surface area contributed by atoms with E-state index in [4.69, 9.17) is 18.0 Å². The number of nitrogens with zero attached hydrogens (tertiary/aromatic N) is 1. The van der Waals surface area contributed by atoms with Crippen LogP contribution in [0.1, 0.15) is 44.1 Å². The Morgan fingerprint density at radius 3 is 2.65 bits per heavy atom. The largest absolute Gasteiger partial charge is 0.389 e. The van der Waals surface area contributed by atoms with Crippen molar-refractivity contribution in [2.24, 2.45) is 11.7 Å². The van der Waals surface area contributed by atoms with Gasteiger partial charge in [-0.1, -0.05) is 31.1 Å². The molecule has 1 saturated carbocycles. The summed E-state index contributed by atoms with van der Waals surface area (Å²) in [4.78, 5) is 2.52. The van der Waals surface area contributed by atoms with Crippen molar-refractivity contribution in [3.8, 4) is 0 Å². The van der Waals surface area contributed by atoms with Crippen LogP contribution in [0.3, 0.4) is 0 Å². The molecule has 2 N–H and O–H groups in total. The lowest BCUT2D eigenvalue weighted by atomic mass is 9.95. The maximum Gasteiger partial charge on any atom is 0.135 e. The molecule has 0 amide bonds. The molecule has 1 atom stereocenters. The lowest BCUT2D eigenvalue weighted by Crippen LogP contribution is -2.36. The highest BCUT2D eigenvalue weighted by Crippen LogP contribution is 2.39. The molecule has 1 aromatic carbocycles. The van der Waals surface area contributed by atoms with Gasteiger partial charge in [-0.25, -0.2) is 4.39 Å². The maximum atomic E-state index is 14.1. The van der Waals surface area contributed by atoms with Gasteiger partial charge in [0.05, 0.1) is 11.3 Å². The van der Waals surface area contributed by atoms with E-state index in [1.807, 2.05) is 6.07 Å². The van der Waals surface area contributed by atoms with Crippen LogP contribution in [0.15, 0.2) is 18.2 Å². The zero-order valence-electron chi connectivity index (χ0n) is 11.6. The SMILES string of the molecule is NC(=S)c1c(F)cccc1N1CCCC1C1CCCC1. The fraction of sp³-hybridized carbons (Fsp3) is 0.562. The Morgan fingerprint density at radius 2 is 1.95 bits per heavy atom. The van der Waals surface area contributed by atoms with E-state index in [0.717, 1.165) is 18.2 Å². The Morgan fingerprint density at radius 1 is 1.20 bits per heavy atom. The number of anilines is 1. The molecular weight excluding hydrogens is 271 g/mol. The highest BCUT2D eigenvalue weighted by atomic mass is 32.1. The molecule has 2 aliphatic rings. The highest BCUT2D eigenvalue weighted by Gasteiger charge is 2.34. The van der Waals surface area contributed by atoms with Crippen LogP contribution in [0.2, 0.25) is 0 Å². The number of rotatable bonds is 3. The van der Waals surface area contributed by atoms with Crippen LogP contribution in [-0.4, -0.2) is 17.6 Å². The van der Waals surface area contributed by atoms with Crippen LogP contribution >= 0.6 is 12.2 Å². The molecule has 1 unspecified atom stereocenters. The molecule has 0 aromatic heterocycles. The smallest absolute Gasteiger partial charge is 0.135 e. The van der Waals surface area contributed by atoms with Gasteiger partial charge in [0, 0.05) is 12.6 Å². The molecule has 1 aliphatic carbocycles. The zero-order chi connectivity index (χ0) is 14.1. The van der Waals surface area contributed by atoms with E-state index in [0.29, 0.717) is 11.6 Å². The van der Waals surface area contributed by atoms with Crippen molar-refractivity contribution in [3.05, 3.63) is 29.6 Å². The Labute approximate surface area is 125 Å². The first-order chi connectivity index (χ1) is 9.68. The average molecular weight is 292 g/mol. The van der Waals surface area contributed by atoms with Crippen molar-refractivity contribution in [3.63, 3.8) is 0 Å². The Bertz CT molecular complexity index is 511. The molecule has 1 saturated heterocycles. The molecule has 2 nitrogen and oxygen atoms in total. The zero-order valence-corrected chi connectivity index (χ0v) is 12.5. The van der Waals surface area contributed by atoms with Crippen LogP contribution < -0.4 is 10.6 Å².